The van der Waals surface area contributed by atoms with Crippen LogP contribution in [0.1, 0.15) is 25.8 Å². The molecule has 1 amide bonds. The Balaban J connectivity index is 2.63. The molecule has 0 atom stereocenters. The van der Waals surface area contributed by atoms with Gasteiger partial charge >= 0.3 is 0 Å². The van der Waals surface area contributed by atoms with Crippen LogP contribution < -0.4 is 0 Å². The van der Waals surface area contributed by atoms with E-state index in [0.29, 0.717) is 6.54 Å². The molecule has 0 spiro atoms. The number of allylic oxidation sites excluding steroid dienone is 1. The first kappa shape index (κ1) is 12.4. The van der Waals surface area contributed by atoms with Crippen molar-refractivity contribution in [3.63, 3.8) is 0 Å². The lowest BCUT2D eigenvalue weighted by atomic mass is 10.2. The van der Waals surface area contributed by atoms with E-state index < -0.39 is 0 Å². The summed E-state index contributed by atoms with van der Waals surface area (Å²) < 4.78 is 0. The molecule has 1 aromatic heterocycles. The summed E-state index contributed by atoms with van der Waals surface area (Å²) in [4.78, 5) is 17.6. The summed E-state index contributed by atoms with van der Waals surface area (Å²) in [5.74, 6) is 0.0747. The predicted molar refractivity (Wildman–Crippen MR) is 64.8 cm³/mol. The second kappa shape index (κ2) is 6.05. The van der Waals surface area contributed by atoms with E-state index in [0.717, 1.165) is 17.6 Å². The number of aromatic nitrogens is 1. The maximum atomic E-state index is 11.9. The van der Waals surface area contributed by atoms with E-state index in [4.69, 9.17) is 0 Å². The standard InChI is InChI=1S/C13H18N2O/c1-4-6-11(2)13(16)15(3)10-12-7-5-8-14-9-12/h5-9H,4,10H2,1-3H3/b11-6-. The lowest BCUT2D eigenvalue weighted by Gasteiger charge is -2.17. The molecule has 0 radical (unpaired) electrons. The highest BCUT2D eigenvalue weighted by molar-refractivity contribution is 5.92. The number of pyridine rings is 1. The van der Waals surface area contributed by atoms with Gasteiger partial charge < -0.3 is 4.90 Å². The lowest BCUT2D eigenvalue weighted by Crippen LogP contribution is -2.26. The van der Waals surface area contributed by atoms with Gasteiger partial charge in [-0.1, -0.05) is 19.1 Å². The van der Waals surface area contributed by atoms with Crippen molar-refractivity contribution in [2.75, 3.05) is 7.05 Å². The number of hydrogen-bond donors (Lipinski definition) is 0. The second-order valence-electron chi connectivity index (χ2n) is 3.82. The Kier molecular flexibility index (Phi) is 4.70. The van der Waals surface area contributed by atoms with Gasteiger partial charge in [0.1, 0.15) is 0 Å². The van der Waals surface area contributed by atoms with E-state index in [1.165, 1.54) is 0 Å². The topological polar surface area (TPSA) is 33.2 Å². The molecule has 0 N–H and O–H groups in total. The maximum absolute atomic E-state index is 11.9. The first-order valence-corrected chi connectivity index (χ1v) is 5.46. The second-order valence-corrected chi connectivity index (χ2v) is 3.82. The average molecular weight is 218 g/mol. The van der Waals surface area contributed by atoms with Crippen LogP contribution in [0.4, 0.5) is 0 Å². The van der Waals surface area contributed by atoms with Crippen molar-refractivity contribution in [3.8, 4) is 0 Å². The van der Waals surface area contributed by atoms with Gasteiger partial charge in [0.25, 0.3) is 0 Å². The largest absolute Gasteiger partial charge is 0.338 e. The maximum Gasteiger partial charge on any atom is 0.249 e. The zero-order valence-corrected chi connectivity index (χ0v) is 10.1. The smallest absolute Gasteiger partial charge is 0.249 e. The number of carbonyl (C=O) groups excluding carboxylic acids is 1. The number of rotatable bonds is 4. The van der Waals surface area contributed by atoms with Crippen LogP contribution in [0, 0.1) is 0 Å². The molecule has 3 heteroatoms. The van der Waals surface area contributed by atoms with Crippen LogP contribution in [0.5, 0.6) is 0 Å². The highest BCUT2D eigenvalue weighted by atomic mass is 16.2. The normalized spacial score (nSPS) is 11.3. The lowest BCUT2D eigenvalue weighted by molar-refractivity contribution is -0.126. The summed E-state index contributed by atoms with van der Waals surface area (Å²) in [6.45, 7) is 4.48. The molecule has 0 unspecified atom stereocenters. The minimum Gasteiger partial charge on any atom is -0.338 e. The fraction of sp³-hybridized carbons (Fsp3) is 0.385. The molecule has 0 saturated heterocycles. The van der Waals surface area contributed by atoms with Crippen LogP contribution in [0.2, 0.25) is 0 Å². The van der Waals surface area contributed by atoms with Crippen molar-refractivity contribution >= 4 is 5.91 Å². The molecule has 0 saturated carbocycles. The Bertz CT molecular complexity index is 371. The van der Waals surface area contributed by atoms with Crippen molar-refractivity contribution in [2.45, 2.75) is 26.8 Å². The molecule has 86 valence electrons. The van der Waals surface area contributed by atoms with Gasteiger partial charge in [0.05, 0.1) is 0 Å². The summed E-state index contributed by atoms with van der Waals surface area (Å²) >= 11 is 0. The minimum absolute atomic E-state index is 0.0747. The monoisotopic (exact) mass is 218 g/mol. The summed E-state index contributed by atoms with van der Waals surface area (Å²) in [6, 6.07) is 3.85. The van der Waals surface area contributed by atoms with Gasteiger partial charge in [0.15, 0.2) is 0 Å². The van der Waals surface area contributed by atoms with Gasteiger partial charge in [-0.05, 0) is 25.0 Å². The number of carbonyl (C=O) groups is 1. The molecule has 16 heavy (non-hydrogen) atoms. The summed E-state index contributed by atoms with van der Waals surface area (Å²) in [5, 5.41) is 0. The molecule has 0 aliphatic rings. The Hall–Kier alpha value is -1.64. The van der Waals surface area contributed by atoms with Crippen molar-refractivity contribution in [1.82, 2.24) is 9.88 Å². The number of amides is 1. The zero-order valence-electron chi connectivity index (χ0n) is 10.1. The highest BCUT2D eigenvalue weighted by Gasteiger charge is 2.10. The molecule has 0 aliphatic carbocycles. The van der Waals surface area contributed by atoms with Crippen LogP contribution in [-0.2, 0) is 11.3 Å². The zero-order chi connectivity index (χ0) is 12.0. The van der Waals surface area contributed by atoms with E-state index in [2.05, 4.69) is 4.98 Å². The Labute approximate surface area is 96.8 Å². The number of hydrogen-bond acceptors (Lipinski definition) is 2. The van der Waals surface area contributed by atoms with E-state index >= 15 is 0 Å². The average Bonchev–Trinajstić information content (AvgIpc) is 2.29. The van der Waals surface area contributed by atoms with Gasteiger partial charge in [0, 0.05) is 31.6 Å². The van der Waals surface area contributed by atoms with Crippen LogP contribution >= 0.6 is 0 Å². The molecule has 1 aromatic rings. The van der Waals surface area contributed by atoms with Gasteiger partial charge in [-0.15, -0.1) is 0 Å². The van der Waals surface area contributed by atoms with Crippen LogP contribution in [0.15, 0.2) is 36.2 Å². The molecule has 1 rings (SSSR count). The fourth-order valence-electron chi connectivity index (χ4n) is 1.53. The fourth-order valence-corrected chi connectivity index (χ4v) is 1.53. The number of nitrogens with zero attached hydrogens (tertiary/aromatic N) is 2. The van der Waals surface area contributed by atoms with Crippen LogP contribution in [0.3, 0.4) is 0 Å². The van der Waals surface area contributed by atoms with Crippen molar-refractivity contribution < 1.29 is 4.79 Å². The summed E-state index contributed by atoms with van der Waals surface area (Å²) in [5.41, 5.74) is 1.84. The molecule has 1 heterocycles. The Morgan fingerprint density at radius 3 is 2.88 bits per heavy atom. The molecule has 0 fully saturated rings. The molecular weight excluding hydrogens is 200 g/mol. The highest BCUT2D eigenvalue weighted by Crippen LogP contribution is 2.06. The van der Waals surface area contributed by atoms with Crippen molar-refractivity contribution in [3.05, 3.63) is 41.7 Å². The minimum atomic E-state index is 0.0747. The molecule has 3 nitrogen and oxygen atoms in total. The summed E-state index contributed by atoms with van der Waals surface area (Å²) in [7, 11) is 1.81. The van der Waals surface area contributed by atoms with Crippen LogP contribution in [-0.4, -0.2) is 22.8 Å². The summed E-state index contributed by atoms with van der Waals surface area (Å²) in [6.07, 6.45) is 6.34. The third kappa shape index (κ3) is 3.50. The van der Waals surface area contributed by atoms with E-state index in [-0.39, 0.29) is 5.91 Å². The van der Waals surface area contributed by atoms with Crippen molar-refractivity contribution in [1.29, 1.82) is 0 Å². The molecular formula is C13H18N2O. The van der Waals surface area contributed by atoms with Gasteiger partial charge in [-0.3, -0.25) is 9.78 Å². The SMILES string of the molecule is CC/C=C(/C)C(=O)N(C)Cc1cccnc1. The third-order valence-corrected chi connectivity index (χ3v) is 2.34. The van der Waals surface area contributed by atoms with Gasteiger partial charge in [-0.25, -0.2) is 0 Å². The Morgan fingerprint density at radius 1 is 1.56 bits per heavy atom. The van der Waals surface area contributed by atoms with Crippen LogP contribution in [0.25, 0.3) is 0 Å². The van der Waals surface area contributed by atoms with E-state index in [1.54, 1.807) is 17.3 Å². The molecule has 0 aromatic carbocycles. The quantitative estimate of drug-likeness (QED) is 0.727. The number of likely N-dealkylation sites (N-methyl/N-ethyl adjacent to an activating group) is 1. The molecule has 0 aliphatic heterocycles. The first-order chi connectivity index (χ1) is 7.65. The Morgan fingerprint density at radius 2 is 2.31 bits per heavy atom. The predicted octanol–water partition coefficient (Wildman–Crippen LogP) is 2.40. The van der Waals surface area contributed by atoms with Gasteiger partial charge in [-0.2, -0.15) is 0 Å². The molecule has 0 bridgehead atoms. The van der Waals surface area contributed by atoms with Gasteiger partial charge in [0.2, 0.25) is 5.91 Å². The third-order valence-electron chi connectivity index (χ3n) is 2.34. The van der Waals surface area contributed by atoms with Crippen molar-refractivity contribution in [2.24, 2.45) is 0 Å². The first-order valence-electron chi connectivity index (χ1n) is 5.46. The van der Waals surface area contributed by atoms with E-state index in [9.17, 15) is 4.79 Å². The van der Waals surface area contributed by atoms with E-state index in [1.807, 2.05) is 39.1 Å².